The van der Waals surface area contributed by atoms with Gasteiger partial charge in [0, 0.05) is 18.1 Å². The van der Waals surface area contributed by atoms with Crippen molar-refractivity contribution in [3.05, 3.63) is 52.8 Å². The van der Waals surface area contributed by atoms with Crippen LogP contribution < -0.4 is 10.1 Å². The molecule has 0 saturated carbocycles. The van der Waals surface area contributed by atoms with Gasteiger partial charge in [0.05, 0.1) is 12.8 Å². The first kappa shape index (κ1) is 18.2. The number of piperidine rings is 1. The quantitative estimate of drug-likeness (QED) is 0.888. The fraction of sp³-hybridized carbons (Fsp3) is 0.316. The largest absolute Gasteiger partial charge is 0.495 e. The van der Waals surface area contributed by atoms with Crippen molar-refractivity contribution in [3.8, 4) is 5.75 Å². The number of methoxy groups -OCH3 is 1. The molecule has 2 amide bonds. The summed E-state index contributed by atoms with van der Waals surface area (Å²) in [6, 6.07) is 9.80. The number of aromatic nitrogens is 1. The number of benzene rings is 1. The fourth-order valence-electron chi connectivity index (χ4n) is 2.90. The highest BCUT2D eigenvalue weighted by Gasteiger charge is 2.20. The van der Waals surface area contributed by atoms with Crippen LogP contribution >= 0.6 is 11.6 Å². The van der Waals surface area contributed by atoms with Crippen molar-refractivity contribution in [1.82, 2.24) is 9.88 Å². The van der Waals surface area contributed by atoms with Gasteiger partial charge in [0.1, 0.15) is 17.1 Å². The zero-order chi connectivity index (χ0) is 18.5. The molecule has 1 aliphatic rings. The van der Waals surface area contributed by atoms with Crippen molar-refractivity contribution in [1.29, 1.82) is 0 Å². The number of anilines is 1. The van der Waals surface area contributed by atoms with Crippen LogP contribution in [0.25, 0.3) is 0 Å². The maximum Gasteiger partial charge on any atom is 0.274 e. The van der Waals surface area contributed by atoms with Crippen LogP contribution in [0.1, 0.15) is 40.2 Å². The summed E-state index contributed by atoms with van der Waals surface area (Å²) in [6.07, 6.45) is 3.14. The summed E-state index contributed by atoms with van der Waals surface area (Å²) in [5.41, 5.74) is 0.882. The number of pyridine rings is 1. The molecular formula is C19H20ClN3O3. The van der Waals surface area contributed by atoms with E-state index in [9.17, 15) is 9.59 Å². The lowest BCUT2D eigenvalue weighted by molar-refractivity contribution is 0.0718. The van der Waals surface area contributed by atoms with Crippen molar-refractivity contribution in [2.75, 3.05) is 25.5 Å². The molecule has 3 rings (SSSR count). The van der Waals surface area contributed by atoms with E-state index < -0.39 is 5.91 Å². The van der Waals surface area contributed by atoms with Gasteiger partial charge in [-0.25, -0.2) is 4.98 Å². The number of hydrogen-bond donors (Lipinski definition) is 1. The summed E-state index contributed by atoms with van der Waals surface area (Å²) in [5, 5.41) is 3.20. The van der Waals surface area contributed by atoms with E-state index in [1.54, 1.807) is 41.3 Å². The Hall–Kier alpha value is -2.60. The molecule has 7 heteroatoms. The molecule has 1 aromatic heterocycles. The summed E-state index contributed by atoms with van der Waals surface area (Å²) in [5.74, 6) is -0.0816. The van der Waals surface area contributed by atoms with Gasteiger partial charge in [-0.1, -0.05) is 17.7 Å². The fourth-order valence-corrected chi connectivity index (χ4v) is 3.08. The lowest BCUT2D eigenvalue weighted by atomic mass is 10.1. The SMILES string of the molecule is COc1ccc(Cl)cc1NC(=O)c1cccc(C(=O)N2CCCCC2)n1. The van der Waals surface area contributed by atoms with Gasteiger partial charge in [-0.3, -0.25) is 9.59 Å². The van der Waals surface area contributed by atoms with E-state index >= 15 is 0 Å². The van der Waals surface area contributed by atoms with Crippen LogP contribution in [0.4, 0.5) is 5.69 Å². The number of carbonyl (C=O) groups is 2. The molecule has 136 valence electrons. The number of amides is 2. The summed E-state index contributed by atoms with van der Waals surface area (Å²) < 4.78 is 5.22. The Morgan fingerprint density at radius 3 is 2.58 bits per heavy atom. The third-order valence-corrected chi connectivity index (χ3v) is 4.49. The first-order valence-electron chi connectivity index (χ1n) is 8.49. The van der Waals surface area contributed by atoms with Crippen LogP contribution in [-0.2, 0) is 0 Å². The molecule has 0 spiro atoms. The predicted molar refractivity (Wildman–Crippen MR) is 99.9 cm³/mol. The van der Waals surface area contributed by atoms with Crippen molar-refractivity contribution < 1.29 is 14.3 Å². The van der Waals surface area contributed by atoms with E-state index in [2.05, 4.69) is 10.3 Å². The highest BCUT2D eigenvalue weighted by molar-refractivity contribution is 6.31. The predicted octanol–water partition coefficient (Wildman–Crippen LogP) is 3.62. The number of carbonyl (C=O) groups excluding carboxylic acids is 2. The van der Waals surface area contributed by atoms with E-state index in [0.717, 1.165) is 32.4 Å². The molecule has 1 aliphatic heterocycles. The normalized spacial score (nSPS) is 14.0. The number of nitrogens with one attached hydrogen (secondary N) is 1. The van der Waals surface area contributed by atoms with Gasteiger partial charge in [-0.05, 0) is 49.6 Å². The number of rotatable bonds is 4. The molecule has 1 N–H and O–H groups in total. The summed E-state index contributed by atoms with van der Waals surface area (Å²) in [7, 11) is 1.51. The zero-order valence-corrected chi connectivity index (χ0v) is 15.3. The van der Waals surface area contributed by atoms with Crippen LogP contribution in [0.2, 0.25) is 5.02 Å². The van der Waals surface area contributed by atoms with Crippen LogP contribution in [0, 0.1) is 0 Å². The highest BCUT2D eigenvalue weighted by Crippen LogP contribution is 2.28. The molecule has 1 fully saturated rings. The third kappa shape index (κ3) is 4.14. The molecule has 2 aromatic rings. The van der Waals surface area contributed by atoms with Gasteiger partial charge in [0.2, 0.25) is 0 Å². The van der Waals surface area contributed by atoms with Crippen LogP contribution in [0.15, 0.2) is 36.4 Å². The topological polar surface area (TPSA) is 71.5 Å². The van der Waals surface area contributed by atoms with Crippen molar-refractivity contribution in [2.24, 2.45) is 0 Å². The Balaban J connectivity index is 1.78. The minimum atomic E-state index is -0.432. The average molecular weight is 374 g/mol. The van der Waals surface area contributed by atoms with Crippen molar-refractivity contribution >= 4 is 29.1 Å². The molecular weight excluding hydrogens is 354 g/mol. The van der Waals surface area contributed by atoms with Gasteiger partial charge >= 0.3 is 0 Å². The maximum atomic E-state index is 12.6. The number of likely N-dealkylation sites (tertiary alicyclic amines) is 1. The average Bonchev–Trinajstić information content (AvgIpc) is 2.68. The smallest absolute Gasteiger partial charge is 0.274 e. The molecule has 2 heterocycles. The van der Waals surface area contributed by atoms with Crippen LogP contribution in [-0.4, -0.2) is 41.9 Å². The molecule has 0 bridgehead atoms. The second-order valence-corrected chi connectivity index (χ2v) is 6.50. The number of ether oxygens (including phenoxy) is 1. The molecule has 1 aromatic carbocycles. The lowest BCUT2D eigenvalue weighted by Gasteiger charge is -2.26. The first-order chi connectivity index (χ1) is 12.6. The Morgan fingerprint density at radius 2 is 1.85 bits per heavy atom. The second-order valence-electron chi connectivity index (χ2n) is 6.06. The molecule has 0 radical (unpaired) electrons. The molecule has 1 saturated heterocycles. The zero-order valence-electron chi connectivity index (χ0n) is 14.5. The highest BCUT2D eigenvalue weighted by atomic mass is 35.5. The standard InChI is InChI=1S/C19H20ClN3O3/c1-26-17-9-8-13(20)12-16(17)22-18(24)14-6-5-7-15(21-14)19(25)23-10-3-2-4-11-23/h5-9,12H,2-4,10-11H2,1H3,(H,22,24). The van der Waals surface area contributed by atoms with E-state index in [1.165, 1.54) is 7.11 Å². The molecule has 6 nitrogen and oxygen atoms in total. The number of hydrogen-bond acceptors (Lipinski definition) is 4. The maximum absolute atomic E-state index is 12.6. The van der Waals surface area contributed by atoms with Crippen LogP contribution in [0.3, 0.4) is 0 Å². The monoisotopic (exact) mass is 373 g/mol. The molecule has 0 atom stereocenters. The Labute approximate surface area is 157 Å². The Bertz CT molecular complexity index is 819. The summed E-state index contributed by atoms with van der Waals surface area (Å²) in [6.45, 7) is 1.47. The summed E-state index contributed by atoms with van der Waals surface area (Å²) in [4.78, 5) is 31.1. The number of nitrogens with zero attached hydrogens (tertiary/aromatic N) is 2. The first-order valence-corrected chi connectivity index (χ1v) is 8.87. The number of halogens is 1. The van der Waals surface area contributed by atoms with Crippen molar-refractivity contribution in [2.45, 2.75) is 19.3 Å². The summed E-state index contributed by atoms with van der Waals surface area (Å²) >= 11 is 5.98. The Kier molecular flexibility index (Phi) is 5.73. The lowest BCUT2D eigenvalue weighted by Crippen LogP contribution is -2.36. The second kappa shape index (κ2) is 8.19. The molecule has 26 heavy (non-hydrogen) atoms. The minimum Gasteiger partial charge on any atom is -0.495 e. The van der Waals surface area contributed by atoms with E-state index in [4.69, 9.17) is 16.3 Å². The molecule has 0 unspecified atom stereocenters. The van der Waals surface area contributed by atoms with Crippen LogP contribution in [0.5, 0.6) is 5.75 Å². The third-order valence-electron chi connectivity index (χ3n) is 4.25. The Morgan fingerprint density at radius 1 is 1.12 bits per heavy atom. The van der Waals surface area contributed by atoms with Crippen molar-refractivity contribution in [3.63, 3.8) is 0 Å². The van der Waals surface area contributed by atoms with Gasteiger partial charge in [-0.2, -0.15) is 0 Å². The van der Waals surface area contributed by atoms with Gasteiger partial charge in [0.25, 0.3) is 11.8 Å². The molecule has 0 aliphatic carbocycles. The van der Waals surface area contributed by atoms with E-state index in [1.807, 2.05) is 0 Å². The van der Waals surface area contributed by atoms with Gasteiger partial charge in [-0.15, -0.1) is 0 Å². The van der Waals surface area contributed by atoms with Gasteiger partial charge in [0.15, 0.2) is 0 Å². The minimum absolute atomic E-state index is 0.139. The van der Waals surface area contributed by atoms with Gasteiger partial charge < -0.3 is 15.0 Å². The van der Waals surface area contributed by atoms with E-state index in [0.29, 0.717) is 16.5 Å². The van der Waals surface area contributed by atoms with E-state index in [-0.39, 0.29) is 17.3 Å².